The molecule has 2 aromatic heterocycles. The van der Waals surface area contributed by atoms with Gasteiger partial charge in [-0.1, -0.05) is 25.5 Å². The molecule has 1 fully saturated rings. The molecular weight excluding hydrogens is 465 g/mol. The summed E-state index contributed by atoms with van der Waals surface area (Å²) in [6.45, 7) is 7.52. The van der Waals surface area contributed by atoms with E-state index in [1.165, 1.54) is 24.3 Å². The molecule has 0 saturated heterocycles. The number of aliphatic hydroxyl groups is 1. The van der Waals surface area contributed by atoms with E-state index < -0.39 is 18.2 Å². The van der Waals surface area contributed by atoms with Crippen LogP contribution in [0.25, 0.3) is 27.7 Å². The lowest BCUT2D eigenvalue weighted by Gasteiger charge is -2.16. The maximum atomic E-state index is 13.2. The largest absolute Gasteiger partial charge is 0.573 e. The zero-order valence-electron chi connectivity index (χ0n) is 19.0. The van der Waals surface area contributed by atoms with E-state index in [9.17, 15) is 18.3 Å². The number of aromatic nitrogens is 2. The van der Waals surface area contributed by atoms with E-state index in [0.717, 1.165) is 25.7 Å². The number of rotatable bonds is 8. The third kappa shape index (κ3) is 5.20. The van der Waals surface area contributed by atoms with E-state index in [4.69, 9.17) is 4.42 Å². The topological polar surface area (TPSA) is 68.4 Å². The molecule has 0 radical (unpaired) electrons. The van der Waals surface area contributed by atoms with Gasteiger partial charge in [0, 0.05) is 17.1 Å². The molecule has 4 atom stereocenters. The van der Waals surface area contributed by atoms with Crippen molar-refractivity contribution < 1.29 is 27.4 Å². The number of aliphatic hydroxyl groups excluding tert-OH is 1. The van der Waals surface area contributed by atoms with E-state index in [2.05, 4.69) is 28.2 Å². The SMILES string of the molecule is C=CC1CC(C/C=C/c2nc3c(OC(F)(F)F)c(C(C)O)cc(-c4nccs4)c3o2)CC1CC. The first-order valence-corrected chi connectivity index (χ1v) is 12.2. The van der Waals surface area contributed by atoms with Crippen LogP contribution in [0.2, 0.25) is 0 Å². The van der Waals surface area contributed by atoms with Crippen LogP contribution in [0.4, 0.5) is 13.2 Å². The van der Waals surface area contributed by atoms with Gasteiger partial charge in [-0.15, -0.1) is 31.1 Å². The van der Waals surface area contributed by atoms with Crippen molar-refractivity contribution in [3.05, 3.63) is 47.8 Å². The first kappa shape index (κ1) is 24.5. The lowest BCUT2D eigenvalue weighted by molar-refractivity contribution is -0.274. The van der Waals surface area contributed by atoms with Crippen LogP contribution in [0.1, 0.15) is 57.1 Å². The van der Waals surface area contributed by atoms with E-state index in [1.807, 2.05) is 12.2 Å². The number of hydrogen-bond donors (Lipinski definition) is 1. The highest BCUT2D eigenvalue weighted by Gasteiger charge is 2.35. The summed E-state index contributed by atoms with van der Waals surface area (Å²) in [6.07, 6.45) is 5.25. The molecule has 0 aliphatic heterocycles. The highest BCUT2D eigenvalue weighted by atomic mass is 32.1. The van der Waals surface area contributed by atoms with E-state index in [0.29, 0.717) is 28.3 Å². The van der Waals surface area contributed by atoms with Gasteiger partial charge in [0.15, 0.2) is 16.8 Å². The Morgan fingerprint density at radius 3 is 2.76 bits per heavy atom. The second kappa shape index (κ2) is 9.92. The average Bonchev–Trinajstić information content (AvgIpc) is 3.52. The molecule has 0 spiro atoms. The summed E-state index contributed by atoms with van der Waals surface area (Å²) in [6, 6.07) is 1.42. The number of nitrogens with zero attached hydrogens (tertiary/aromatic N) is 2. The molecule has 1 aromatic carbocycles. The minimum Gasteiger partial charge on any atom is -0.436 e. The molecular formula is C25H27F3N2O3S. The van der Waals surface area contributed by atoms with Crippen molar-refractivity contribution >= 4 is 28.5 Å². The number of alkyl halides is 3. The molecule has 34 heavy (non-hydrogen) atoms. The van der Waals surface area contributed by atoms with Crippen molar-refractivity contribution in [1.29, 1.82) is 0 Å². The van der Waals surface area contributed by atoms with Gasteiger partial charge in [0.2, 0.25) is 5.89 Å². The lowest BCUT2D eigenvalue weighted by Crippen LogP contribution is -2.19. The van der Waals surface area contributed by atoms with Gasteiger partial charge >= 0.3 is 6.36 Å². The fourth-order valence-electron chi connectivity index (χ4n) is 4.80. The van der Waals surface area contributed by atoms with Crippen molar-refractivity contribution in [3.8, 4) is 16.3 Å². The van der Waals surface area contributed by atoms with Gasteiger partial charge in [0.1, 0.15) is 5.01 Å². The number of hydrogen-bond acceptors (Lipinski definition) is 6. The molecule has 1 aliphatic carbocycles. The quantitative estimate of drug-likeness (QED) is 0.329. The second-order valence-corrected chi connectivity index (χ2v) is 9.57. The van der Waals surface area contributed by atoms with Gasteiger partial charge < -0.3 is 14.3 Å². The molecule has 4 rings (SSSR count). The molecule has 1 N–H and O–H groups in total. The normalized spacial score (nSPS) is 22.0. The zero-order valence-corrected chi connectivity index (χ0v) is 19.8. The summed E-state index contributed by atoms with van der Waals surface area (Å²) in [7, 11) is 0. The van der Waals surface area contributed by atoms with Crippen LogP contribution in [0, 0.1) is 17.8 Å². The van der Waals surface area contributed by atoms with Crippen molar-refractivity contribution in [2.45, 2.75) is 52.0 Å². The molecule has 182 valence electrons. The van der Waals surface area contributed by atoms with Gasteiger partial charge in [0.05, 0.1) is 11.7 Å². The average molecular weight is 493 g/mol. The van der Waals surface area contributed by atoms with Crippen molar-refractivity contribution in [1.82, 2.24) is 9.97 Å². The summed E-state index contributed by atoms with van der Waals surface area (Å²) in [5.74, 6) is 1.30. The van der Waals surface area contributed by atoms with Crippen molar-refractivity contribution in [3.63, 3.8) is 0 Å². The van der Waals surface area contributed by atoms with E-state index in [-0.39, 0.29) is 22.6 Å². The Labute approximate surface area is 200 Å². The van der Waals surface area contributed by atoms with Gasteiger partial charge in [0.25, 0.3) is 0 Å². The fraction of sp³-hybridized carbons (Fsp3) is 0.440. The minimum atomic E-state index is -4.95. The van der Waals surface area contributed by atoms with E-state index in [1.54, 1.807) is 17.7 Å². The molecule has 9 heteroatoms. The molecule has 4 unspecified atom stereocenters. The molecule has 0 bridgehead atoms. The molecule has 0 amide bonds. The standard InChI is InChI=1S/C25H27F3N2O3S/c1-4-16-11-15(12-17(16)5-2)7-6-8-20-30-21-22(32-20)19(24-29-9-10-34-24)13-18(14(3)31)23(21)33-25(26,27)28/h4,6,8-10,13-17,31H,1,5,7,11-12H2,2-3H3/b8-6+. The second-order valence-electron chi connectivity index (χ2n) is 8.68. The Morgan fingerprint density at radius 1 is 1.38 bits per heavy atom. The fourth-order valence-corrected chi connectivity index (χ4v) is 5.46. The molecule has 3 aromatic rings. The molecule has 5 nitrogen and oxygen atoms in total. The van der Waals surface area contributed by atoms with Crippen LogP contribution in [0.15, 0.2) is 40.8 Å². The first-order chi connectivity index (χ1) is 16.2. The Hall–Kier alpha value is -2.65. The van der Waals surface area contributed by atoms with Crippen LogP contribution < -0.4 is 4.74 Å². The smallest absolute Gasteiger partial charge is 0.436 e. The first-order valence-electron chi connectivity index (χ1n) is 11.3. The number of allylic oxidation sites excluding steroid dienone is 2. The van der Waals surface area contributed by atoms with Crippen LogP contribution in [0.5, 0.6) is 5.75 Å². The number of halogens is 3. The van der Waals surface area contributed by atoms with Crippen LogP contribution in [-0.2, 0) is 0 Å². The highest BCUT2D eigenvalue weighted by Crippen LogP contribution is 2.43. The maximum absolute atomic E-state index is 13.2. The number of thiazole rings is 1. The summed E-state index contributed by atoms with van der Waals surface area (Å²) in [5.41, 5.74) is 0.458. The predicted molar refractivity (Wildman–Crippen MR) is 126 cm³/mol. The Bertz CT molecular complexity index is 1170. The number of fused-ring (bicyclic) bond motifs is 1. The van der Waals surface area contributed by atoms with E-state index >= 15 is 0 Å². The molecule has 2 heterocycles. The summed E-state index contributed by atoms with van der Waals surface area (Å²) in [5, 5.41) is 12.5. The van der Waals surface area contributed by atoms with Gasteiger partial charge in [-0.2, -0.15) is 0 Å². The highest BCUT2D eigenvalue weighted by molar-refractivity contribution is 7.13. The minimum absolute atomic E-state index is 0.0362. The number of oxazole rings is 1. The monoisotopic (exact) mass is 492 g/mol. The van der Waals surface area contributed by atoms with Gasteiger partial charge in [-0.05, 0) is 56.1 Å². The molecule has 1 saturated carbocycles. The summed E-state index contributed by atoms with van der Waals surface area (Å²) < 4.78 is 49.8. The molecule has 1 aliphatic rings. The zero-order chi connectivity index (χ0) is 24.5. The summed E-state index contributed by atoms with van der Waals surface area (Å²) >= 11 is 1.31. The van der Waals surface area contributed by atoms with Crippen LogP contribution in [0.3, 0.4) is 0 Å². The summed E-state index contributed by atoms with van der Waals surface area (Å²) in [4.78, 5) is 8.56. The third-order valence-electron chi connectivity index (χ3n) is 6.40. The Morgan fingerprint density at radius 2 is 2.18 bits per heavy atom. The Balaban J connectivity index is 1.70. The maximum Gasteiger partial charge on any atom is 0.573 e. The third-order valence-corrected chi connectivity index (χ3v) is 7.21. The van der Waals surface area contributed by atoms with Crippen LogP contribution >= 0.6 is 11.3 Å². The lowest BCUT2D eigenvalue weighted by atomic mass is 9.94. The number of benzene rings is 1. The van der Waals surface area contributed by atoms with Crippen molar-refractivity contribution in [2.24, 2.45) is 17.8 Å². The van der Waals surface area contributed by atoms with Crippen LogP contribution in [-0.4, -0.2) is 21.4 Å². The van der Waals surface area contributed by atoms with Gasteiger partial charge in [-0.3, -0.25) is 0 Å². The predicted octanol–water partition coefficient (Wildman–Crippen LogP) is 7.54. The van der Waals surface area contributed by atoms with Gasteiger partial charge in [-0.25, -0.2) is 9.97 Å². The van der Waals surface area contributed by atoms with Crippen molar-refractivity contribution in [2.75, 3.05) is 0 Å². The Kier molecular flexibility index (Phi) is 7.14. The number of ether oxygens (including phenoxy) is 1.